The molecule has 1 N–H and O–H groups in total. The van der Waals surface area contributed by atoms with Crippen molar-refractivity contribution in [1.82, 2.24) is 10.2 Å². The van der Waals surface area contributed by atoms with Gasteiger partial charge in [-0.05, 0) is 25.7 Å². The van der Waals surface area contributed by atoms with Gasteiger partial charge in [0.25, 0.3) is 0 Å². The van der Waals surface area contributed by atoms with E-state index in [1.807, 2.05) is 4.90 Å². The van der Waals surface area contributed by atoms with E-state index in [1.165, 1.54) is 25.7 Å². The molecule has 2 amide bonds. The van der Waals surface area contributed by atoms with Crippen LogP contribution in [-0.4, -0.2) is 29.6 Å². The largest absolute Gasteiger partial charge is 0.325 e. The molecule has 2 fully saturated rings. The molecule has 0 aromatic heterocycles. The molecule has 1 heterocycles. The number of carbonyl (C=O) groups excluding carboxylic acids is 1. The van der Waals surface area contributed by atoms with Crippen LogP contribution in [0.3, 0.4) is 0 Å². The van der Waals surface area contributed by atoms with Crippen LogP contribution in [-0.2, 0) is 0 Å². The quantitative estimate of drug-likeness (QED) is 0.739. The minimum Gasteiger partial charge on any atom is -0.325 e. The topological polar surface area (TPSA) is 56.1 Å². The van der Waals surface area contributed by atoms with Crippen molar-refractivity contribution in [3.05, 3.63) is 0 Å². The molecule has 4 heteroatoms. The first-order chi connectivity index (χ1) is 9.26. The third-order valence-electron chi connectivity index (χ3n) is 4.41. The van der Waals surface area contributed by atoms with Crippen LogP contribution >= 0.6 is 0 Å². The molecular formula is C15H25N3O. The Labute approximate surface area is 116 Å². The van der Waals surface area contributed by atoms with Crippen molar-refractivity contribution >= 4 is 6.03 Å². The van der Waals surface area contributed by atoms with Gasteiger partial charge in [-0.1, -0.05) is 38.5 Å². The highest BCUT2D eigenvalue weighted by molar-refractivity contribution is 5.75. The average molecular weight is 263 g/mol. The molecule has 4 nitrogen and oxygen atoms in total. The molecule has 2 rings (SSSR count). The van der Waals surface area contributed by atoms with E-state index in [2.05, 4.69) is 11.4 Å². The van der Waals surface area contributed by atoms with Crippen LogP contribution in [0.15, 0.2) is 0 Å². The Hall–Kier alpha value is -1.24. The smallest absolute Gasteiger partial charge is 0.318 e. The van der Waals surface area contributed by atoms with Gasteiger partial charge in [-0.15, -0.1) is 0 Å². The van der Waals surface area contributed by atoms with Crippen molar-refractivity contribution in [3.63, 3.8) is 0 Å². The first kappa shape index (κ1) is 14.2. The Morgan fingerprint density at radius 2 is 1.47 bits per heavy atom. The number of hydrogen-bond donors (Lipinski definition) is 1. The van der Waals surface area contributed by atoms with Gasteiger partial charge in [-0.25, -0.2) is 4.79 Å². The number of likely N-dealkylation sites (tertiary alicyclic amines) is 1. The van der Waals surface area contributed by atoms with Crippen molar-refractivity contribution in [3.8, 4) is 6.07 Å². The highest BCUT2D eigenvalue weighted by Gasteiger charge is 2.33. The summed E-state index contributed by atoms with van der Waals surface area (Å²) in [4.78, 5) is 14.3. The predicted octanol–water partition coefficient (Wildman–Crippen LogP) is 3.19. The number of nitriles is 1. The van der Waals surface area contributed by atoms with Crippen LogP contribution in [0.4, 0.5) is 4.79 Å². The fourth-order valence-electron chi connectivity index (χ4n) is 3.15. The summed E-state index contributed by atoms with van der Waals surface area (Å²) in [5, 5.41) is 12.5. The summed E-state index contributed by atoms with van der Waals surface area (Å²) in [6.45, 7) is 1.68. The molecule has 19 heavy (non-hydrogen) atoms. The maximum atomic E-state index is 12.4. The summed E-state index contributed by atoms with van der Waals surface area (Å²) in [6.07, 6.45) is 10.7. The monoisotopic (exact) mass is 263 g/mol. The SMILES string of the molecule is N#CC1(NC(=O)N2CCCCCC2)CCCCCC1. The Morgan fingerprint density at radius 1 is 0.947 bits per heavy atom. The maximum absolute atomic E-state index is 12.4. The van der Waals surface area contributed by atoms with Gasteiger partial charge in [0.1, 0.15) is 5.54 Å². The van der Waals surface area contributed by atoms with Crippen LogP contribution in [0.2, 0.25) is 0 Å². The number of urea groups is 1. The minimum absolute atomic E-state index is 0.0228. The standard InChI is InChI=1S/C15H25N3O/c16-13-15(9-5-1-2-6-10-15)17-14(19)18-11-7-3-4-8-12-18/h1-12H2,(H,17,19). The van der Waals surface area contributed by atoms with Crippen LogP contribution in [0.1, 0.15) is 64.2 Å². The van der Waals surface area contributed by atoms with E-state index >= 15 is 0 Å². The normalized spacial score (nSPS) is 23.8. The number of nitrogens with one attached hydrogen (secondary N) is 1. The summed E-state index contributed by atoms with van der Waals surface area (Å²) in [5.41, 5.74) is -0.611. The highest BCUT2D eigenvalue weighted by Crippen LogP contribution is 2.27. The Kier molecular flexibility index (Phi) is 5.07. The number of nitrogens with zero attached hydrogens (tertiary/aromatic N) is 2. The second-order valence-electron chi connectivity index (χ2n) is 5.94. The van der Waals surface area contributed by atoms with Gasteiger partial charge in [0.05, 0.1) is 6.07 Å². The molecule has 1 saturated carbocycles. The maximum Gasteiger partial charge on any atom is 0.318 e. The Morgan fingerprint density at radius 3 is 2.00 bits per heavy atom. The van der Waals surface area contributed by atoms with Crippen LogP contribution in [0.25, 0.3) is 0 Å². The van der Waals surface area contributed by atoms with Crippen molar-refractivity contribution in [2.24, 2.45) is 0 Å². The zero-order valence-corrected chi connectivity index (χ0v) is 11.8. The second-order valence-corrected chi connectivity index (χ2v) is 5.94. The van der Waals surface area contributed by atoms with E-state index in [9.17, 15) is 10.1 Å². The molecule has 1 saturated heterocycles. The van der Waals surface area contributed by atoms with Gasteiger partial charge in [-0.2, -0.15) is 5.26 Å². The molecule has 1 aliphatic heterocycles. The number of hydrogen-bond acceptors (Lipinski definition) is 2. The Bertz CT molecular complexity index is 332. The van der Waals surface area contributed by atoms with Gasteiger partial charge in [0.2, 0.25) is 0 Å². The summed E-state index contributed by atoms with van der Waals surface area (Å²) in [6, 6.07) is 2.36. The zero-order chi connectivity index (χ0) is 13.6. The first-order valence-electron chi connectivity index (χ1n) is 7.74. The fourth-order valence-corrected chi connectivity index (χ4v) is 3.15. The zero-order valence-electron chi connectivity index (χ0n) is 11.8. The van der Waals surface area contributed by atoms with E-state index in [4.69, 9.17) is 0 Å². The second kappa shape index (κ2) is 6.79. The minimum atomic E-state index is -0.611. The highest BCUT2D eigenvalue weighted by atomic mass is 16.2. The van der Waals surface area contributed by atoms with Crippen molar-refractivity contribution in [2.45, 2.75) is 69.7 Å². The molecule has 2 aliphatic rings. The van der Waals surface area contributed by atoms with Gasteiger partial charge in [0.15, 0.2) is 0 Å². The Balaban J connectivity index is 1.96. The lowest BCUT2D eigenvalue weighted by atomic mass is 9.92. The van der Waals surface area contributed by atoms with E-state index in [-0.39, 0.29) is 6.03 Å². The molecular weight excluding hydrogens is 238 g/mol. The third-order valence-corrected chi connectivity index (χ3v) is 4.41. The molecule has 0 aromatic rings. The average Bonchev–Trinajstić information content (AvgIpc) is 2.81. The van der Waals surface area contributed by atoms with Crippen LogP contribution in [0, 0.1) is 11.3 Å². The van der Waals surface area contributed by atoms with Gasteiger partial charge < -0.3 is 10.2 Å². The molecule has 1 aliphatic carbocycles. The van der Waals surface area contributed by atoms with Gasteiger partial charge in [0, 0.05) is 13.1 Å². The third kappa shape index (κ3) is 3.86. The lowest BCUT2D eigenvalue weighted by Crippen LogP contribution is -2.52. The van der Waals surface area contributed by atoms with Gasteiger partial charge in [-0.3, -0.25) is 0 Å². The molecule has 0 atom stereocenters. The first-order valence-corrected chi connectivity index (χ1v) is 7.74. The lowest BCUT2D eigenvalue weighted by molar-refractivity contribution is 0.188. The van der Waals surface area contributed by atoms with Crippen molar-refractivity contribution in [2.75, 3.05) is 13.1 Å². The van der Waals surface area contributed by atoms with E-state index in [0.717, 1.165) is 51.6 Å². The molecule has 0 bridgehead atoms. The molecule has 0 aromatic carbocycles. The summed E-state index contributed by atoms with van der Waals surface area (Å²) in [5.74, 6) is 0. The van der Waals surface area contributed by atoms with E-state index in [0.29, 0.717) is 0 Å². The van der Waals surface area contributed by atoms with Crippen molar-refractivity contribution in [1.29, 1.82) is 5.26 Å². The summed E-state index contributed by atoms with van der Waals surface area (Å²) in [7, 11) is 0. The molecule has 106 valence electrons. The summed E-state index contributed by atoms with van der Waals surface area (Å²) < 4.78 is 0. The van der Waals surface area contributed by atoms with Gasteiger partial charge >= 0.3 is 6.03 Å². The fraction of sp³-hybridized carbons (Fsp3) is 0.867. The molecule has 0 unspecified atom stereocenters. The van der Waals surface area contributed by atoms with E-state index in [1.54, 1.807) is 0 Å². The number of rotatable bonds is 1. The van der Waals surface area contributed by atoms with Crippen LogP contribution < -0.4 is 5.32 Å². The number of carbonyl (C=O) groups is 1. The number of amides is 2. The summed E-state index contributed by atoms with van der Waals surface area (Å²) >= 11 is 0. The molecule has 0 radical (unpaired) electrons. The molecule has 0 spiro atoms. The predicted molar refractivity (Wildman–Crippen MR) is 74.6 cm³/mol. The van der Waals surface area contributed by atoms with E-state index < -0.39 is 5.54 Å². The van der Waals surface area contributed by atoms with Crippen LogP contribution in [0.5, 0.6) is 0 Å². The van der Waals surface area contributed by atoms with Crippen molar-refractivity contribution < 1.29 is 4.79 Å². The lowest BCUT2D eigenvalue weighted by Gasteiger charge is -2.30.